The third kappa shape index (κ3) is 2.53. The van der Waals surface area contributed by atoms with E-state index in [4.69, 9.17) is 0 Å². The standard InChI is InChI=1S/C20H21N5O/c1-12-7-18(24-11-23-12)25-17-8-14(15-9-21-13(2)22-10-15)5-6-16(17)20(3,4)19(25)26/h5,7-11,16H,6H2,1-4H3. The second-order valence-electron chi connectivity index (χ2n) is 7.42. The van der Waals surface area contributed by atoms with E-state index in [1.165, 1.54) is 6.33 Å². The molecule has 4 rings (SSSR count). The van der Waals surface area contributed by atoms with Gasteiger partial charge in [-0.3, -0.25) is 9.69 Å². The van der Waals surface area contributed by atoms with Gasteiger partial charge in [0.05, 0.1) is 5.41 Å². The molecular formula is C20H21N5O. The number of carbonyl (C=O) groups is 1. The van der Waals surface area contributed by atoms with Crippen LogP contribution in [0.4, 0.5) is 5.82 Å². The molecule has 2 aliphatic rings. The van der Waals surface area contributed by atoms with Gasteiger partial charge in [0.25, 0.3) is 0 Å². The van der Waals surface area contributed by atoms with Gasteiger partial charge in [-0.15, -0.1) is 0 Å². The normalized spacial score (nSPS) is 21.3. The molecule has 1 atom stereocenters. The minimum Gasteiger partial charge on any atom is -0.273 e. The van der Waals surface area contributed by atoms with Crippen LogP contribution in [-0.4, -0.2) is 25.8 Å². The Morgan fingerprint density at radius 1 is 1.12 bits per heavy atom. The maximum Gasteiger partial charge on any atom is 0.238 e. The third-order valence-corrected chi connectivity index (χ3v) is 5.25. The summed E-state index contributed by atoms with van der Waals surface area (Å²) < 4.78 is 0. The first-order valence-corrected chi connectivity index (χ1v) is 8.72. The molecule has 2 aromatic heterocycles. The molecule has 2 aromatic rings. The number of nitrogens with zero attached hydrogens (tertiary/aromatic N) is 5. The average molecular weight is 347 g/mol. The van der Waals surface area contributed by atoms with Crippen molar-refractivity contribution in [2.75, 3.05) is 4.90 Å². The third-order valence-electron chi connectivity index (χ3n) is 5.25. The van der Waals surface area contributed by atoms with E-state index in [0.29, 0.717) is 5.82 Å². The molecule has 1 saturated heterocycles. The summed E-state index contributed by atoms with van der Waals surface area (Å²) >= 11 is 0. The molecule has 1 fully saturated rings. The first-order chi connectivity index (χ1) is 12.4. The Kier molecular flexibility index (Phi) is 3.72. The number of allylic oxidation sites excluding steroid dienone is 4. The highest BCUT2D eigenvalue weighted by molar-refractivity contribution is 6.04. The van der Waals surface area contributed by atoms with E-state index >= 15 is 0 Å². The van der Waals surface area contributed by atoms with Gasteiger partial charge in [0.2, 0.25) is 5.91 Å². The number of hydrogen-bond acceptors (Lipinski definition) is 5. The summed E-state index contributed by atoms with van der Waals surface area (Å²) in [7, 11) is 0. The van der Waals surface area contributed by atoms with Crippen molar-refractivity contribution in [1.82, 2.24) is 19.9 Å². The quantitative estimate of drug-likeness (QED) is 0.834. The van der Waals surface area contributed by atoms with Crippen molar-refractivity contribution < 1.29 is 4.79 Å². The van der Waals surface area contributed by atoms with Crippen molar-refractivity contribution in [2.45, 2.75) is 34.1 Å². The Balaban J connectivity index is 1.81. The summed E-state index contributed by atoms with van der Waals surface area (Å²) in [4.78, 5) is 32.0. The SMILES string of the molecule is Cc1cc(N2C(=O)C(C)(C)C3CC=C(c4cnc(C)nc4)C=C32)ncn1. The number of aromatic nitrogens is 4. The van der Waals surface area contributed by atoms with Gasteiger partial charge in [0.15, 0.2) is 0 Å². The Bertz CT molecular complexity index is 943. The van der Waals surface area contributed by atoms with Gasteiger partial charge >= 0.3 is 0 Å². The molecular weight excluding hydrogens is 326 g/mol. The fourth-order valence-electron chi connectivity index (χ4n) is 3.67. The topological polar surface area (TPSA) is 71.9 Å². The van der Waals surface area contributed by atoms with Crippen LogP contribution in [0.2, 0.25) is 0 Å². The number of amides is 1. The zero-order valence-corrected chi connectivity index (χ0v) is 15.4. The minimum atomic E-state index is -0.476. The molecule has 6 nitrogen and oxygen atoms in total. The molecule has 1 aliphatic carbocycles. The molecule has 0 saturated carbocycles. The van der Waals surface area contributed by atoms with Crippen LogP contribution in [0.3, 0.4) is 0 Å². The maximum atomic E-state index is 13.2. The van der Waals surface area contributed by atoms with Gasteiger partial charge in [-0.2, -0.15) is 0 Å². The van der Waals surface area contributed by atoms with E-state index in [-0.39, 0.29) is 11.8 Å². The highest BCUT2D eigenvalue weighted by Gasteiger charge is 2.51. The van der Waals surface area contributed by atoms with Crippen LogP contribution < -0.4 is 4.90 Å². The Hall–Kier alpha value is -2.89. The van der Waals surface area contributed by atoms with Crippen LogP contribution in [0.15, 0.2) is 42.6 Å². The van der Waals surface area contributed by atoms with Crippen LogP contribution >= 0.6 is 0 Å². The molecule has 1 unspecified atom stereocenters. The van der Waals surface area contributed by atoms with Crippen molar-refractivity contribution in [2.24, 2.45) is 11.3 Å². The molecule has 132 valence electrons. The zero-order valence-electron chi connectivity index (χ0n) is 15.4. The van der Waals surface area contributed by atoms with Crippen LogP contribution in [0.1, 0.15) is 37.4 Å². The van der Waals surface area contributed by atoms with Crippen molar-refractivity contribution in [3.8, 4) is 0 Å². The van der Waals surface area contributed by atoms with E-state index in [1.54, 1.807) is 4.90 Å². The van der Waals surface area contributed by atoms with Gasteiger partial charge in [-0.05, 0) is 31.9 Å². The molecule has 1 aliphatic heterocycles. The van der Waals surface area contributed by atoms with E-state index in [1.807, 2.05) is 46.2 Å². The van der Waals surface area contributed by atoms with E-state index < -0.39 is 5.41 Å². The van der Waals surface area contributed by atoms with Gasteiger partial charge < -0.3 is 0 Å². The minimum absolute atomic E-state index is 0.0710. The van der Waals surface area contributed by atoms with Crippen molar-refractivity contribution in [1.29, 1.82) is 0 Å². The predicted octanol–water partition coefficient (Wildman–Crippen LogP) is 3.24. The van der Waals surface area contributed by atoms with E-state index in [0.717, 1.165) is 34.8 Å². The first kappa shape index (κ1) is 16.6. The van der Waals surface area contributed by atoms with Gasteiger partial charge in [-0.1, -0.05) is 19.9 Å². The molecule has 1 amide bonds. The summed E-state index contributed by atoms with van der Waals surface area (Å²) in [6.07, 6.45) is 10.2. The lowest BCUT2D eigenvalue weighted by atomic mass is 9.75. The molecule has 0 bridgehead atoms. The predicted molar refractivity (Wildman–Crippen MR) is 99.0 cm³/mol. The molecule has 0 radical (unpaired) electrons. The number of hydrogen-bond donors (Lipinski definition) is 0. The highest BCUT2D eigenvalue weighted by atomic mass is 16.2. The first-order valence-electron chi connectivity index (χ1n) is 8.72. The van der Waals surface area contributed by atoms with Crippen LogP contribution in [0.5, 0.6) is 0 Å². The average Bonchev–Trinajstić information content (AvgIpc) is 2.81. The summed E-state index contributed by atoms with van der Waals surface area (Å²) in [5.74, 6) is 1.57. The van der Waals surface area contributed by atoms with Crippen molar-refractivity contribution in [3.05, 3.63) is 59.7 Å². The van der Waals surface area contributed by atoms with Gasteiger partial charge in [0, 0.05) is 41.3 Å². The summed E-state index contributed by atoms with van der Waals surface area (Å²) in [6.45, 7) is 7.79. The monoisotopic (exact) mass is 347 g/mol. The molecule has 0 aromatic carbocycles. The van der Waals surface area contributed by atoms with Crippen molar-refractivity contribution >= 4 is 17.3 Å². The van der Waals surface area contributed by atoms with Gasteiger partial charge in [0.1, 0.15) is 18.0 Å². The second kappa shape index (κ2) is 5.83. The smallest absolute Gasteiger partial charge is 0.238 e. The number of aryl methyl sites for hydroxylation is 2. The molecule has 3 heterocycles. The molecule has 0 spiro atoms. The largest absolute Gasteiger partial charge is 0.273 e. The van der Waals surface area contributed by atoms with Crippen molar-refractivity contribution in [3.63, 3.8) is 0 Å². The van der Waals surface area contributed by atoms with Crippen LogP contribution in [0.25, 0.3) is 5.57 Å². The van der Waals surface area contributed by atoms with Crippen LogP contribution in [-0.2, 0) is 4.79 Å². The number of carbonyl (C=O) groups excluding carboxylic acids is 1. The lowest BCUT2D eigenvalue weighted by Crippen LogP contribution is -2.31. The maximum absolute atomic E-state index is 13.2. The fraction of sp³-hybridized carbons (Fsp3) is 0.350. The second-order valence-corrected chi connectivity index (χ2v) is 7.42. The van der Waals surface area contributed by atoms with E-state index in [2.05, 4.69) is 32.1 Å². The lowest BCUT2D eigenvalue weighted by molar-refractivity contribution is -0.125. The van der Waals surface area contributed by atoms with Gasteiger partial charge in [-0.25, -0.2) is 19.9 Å². The number of fused-ring (bicyclic) bond motifs is 1. The number of rotatable bonds is 2. The Morgan fingerprint density at radius 3 is 2.54 bits per heavy atom. The lowest BCUT2D eigenvalue weighted by Gasteiger charge is -2.25. The Labute approximate surface area is 152 Å². The van der Waals surface area contributed by atoms with E-state index in [9.17, 15) is 4.79 Å². The molecule has 0 N–H and O–H groups in total. The zero-order chi connectivity index (χ0) is 18.5. The highest BCUT2D eigenvalue weighted by Crippen LogP contribution is 2.50. The summed E-state index contributed by atoms with van der Waals surface area (Å²) in [6, 6.07) is 1.85. The number of anilines is 1. The van der Waals surface area contributed by atoms with Crippen LogP contribution in [0, 0.1) is 25.2 Å². The summed E-state index contributed by atoms with van der Waals surface area (Å²) in [5, 5.41) is 0. The molecule has 26 heavy (non-hydrogen) atoms. The Morgan fingerprint density at radius 2 is 1.85 bits per heavy atom. The summed E-state index contributed by atoms with van der Waals surface area (Å²) in [5.41, 5.74) is 3.34. The fourth-order valence-corrected chi connectivity index (χ4v) is 3.67. The molecule has 6 heteroatoms.